The summed E-state index contributed by atoms with van der Waals surface area (Å²) < 4.78 is 0. The Hall–Kier alpha value is -4.28. The zero-order chi connectivity index (χ0) is 27.1. The fraction of sp³-hybridized carbons (Fsp3) is 0.214. The Bertz CT molecular complexity index is 1400. The lowest BCUT2D eigenvalue weighted by molar-refractivity contribution is -0.115. The highest BCUT2D eigenvalue weighted by Crippen LogP contribution is 2.29. The smallest absolute Gasteiger partial charge is 0.251 e. The number of nitrogens with two attached hydrogens (primary N) is 1. The van der Waals surface area contributed by atoms with Crippen LogP contribution in [0.2, 0.25) is 0 Å². The van der Waals surface area contributed by atoms with Gasteiger partial charge in [0.1, 0.15) is 5.82 Å². The van der Waals surface area contributed by atoms with Crippen LogP contribution in [0.1, 0.15) is 10.4 Å². The first kappa shape index (κ1) is 26.8. The number of benzene rings is 2. The van der Waals surface area contributed by atoms with Crippen LogP contribution in [-0.4, -0.2) is 67.5 Å². The zero-order valence-corrected chi connectivity index (χ0v) is 22.5. The molecule has 0 aliphatic heterocycles. The molecule has 38 heavy (non-hydrogen) atoms. The second-order valence-corrected chi connectivity index (χ2v) is 9.96. The molecule has 2 aromatic heterocycles. The number of likely N-dealkylation sites (N-methyl/N-ethyl adjacent to an activating group) is 2. The van der Waals surface area contributed by atoms with E-state index in [4.69, 9.17) is 5.73 Å². The van der Waals surface area contributed by atoms with E-state index in [-0.39, 0.29) is 18.4 Å². The SMILES string of the molecule is CN(C)CCN(C)c1cc(-c2cccc(-c3csc(NC(=O)CNC(=O)c4ccc(N)cc4)n3)c2)ccn1. The summed E-state index contributed by atoms with van der Waals surface area (Å²) in [6.07, 6.45) is 1.83. The number of aromatic nitrogens is 2. The van der Waals surface area contributed by atoms with Crippen LogP contribution in [-0.2, 0) is 4.79 Å². The van der Waals surface area contributed by atoms with Gasteiger partial charge in [-0.15, -0.1) is 11.3 Å². The molecular formula is C28H31N7O2S. The van der Waals surface area contributed by atoms with Crippen molar-refractivity contribution >= 4 is 39.8 Å². The van der Waals surface area contributed by atoms with E-state index in [1.165, 1.54) is 11.3 Å². The number of rotatable bonds is 10. The second kappa shape index (κ2) is 12.3. The van der Waals surface area contributed by atoms with Gasteiger partial charge >= 0.3 is 0 Å². The van der Waals surface area contributed by atoms with E-state index in [1.807, 2.05) is 36.8 Å². The van der Waals surface area contributed by atoms with Crippen molar-refractivity contribution < 1.29 is 9.59 Å². The van der Waals surface area contributed by atoms with Crippen molar-refractivity contribution in [3.8, 4) is 22.4 Å². The van der Waals surface area contributed by atoms with Crippen molar-refractivity contribution in [1.29, 1.82) is 0 Å². The molecule has 0 aliphatic carbocycles. The second-order valence-electron chi connectivity index (χ2n) is 9.10. The Morgan fingerprint density at radius 3 is 2.45 bits per heavy atom. The standard InChI is InChI=1S/C28H31N7O2S/c1-34(2)13-14-35(3)25-16-21(11-12-30-25)20-5-4-6-22(15-20)24-18-38-28(32-24)33-26(36)17-31-27(37)19-7-9-23(29)10-8-19/h4-12,15-16,18H,13-14,17,29H2,1-3H3,(H,31,37)(H,32,33,36). The molecule has 196 valence electrons. The van der Waals surface area contributed by atoms with E-state index in [0.717, 1.165) is 41.3 Å². The maximum Gasteiger partial charge on any atom is 0.251 e. The molecule has 0 spiro atoms. The van der Waals surface area contributed by atoms with Gasteiger partial charge in [-0.1, -0.05) is 18.2 Å². The Morgan fingerprint density at radius 1 is 0.947 bits per heavy atom. The molecule has 0 saturated carbocycles. The van der Waals surface area contributed by atoms with Crippen LogP contribution in [0.5, 0.6) is 0 Å². The molecule has 4 N–H and O–H groups in total. The molecule has 0 bridgehead atoms. The van der Waals surface area contributed by atoms with Crippen LogP contribution in [0.4, 0.5) is 16.6 Å². The van der Waals surface area contributed by atoms with Gasteiger partial charge in [-0.05, 0) is 67.7 Å². The van der Waals surface area contributed by atoms with Gasteiger partial charge in [0.2, 0.25) is 5.91 Å². The monoisotopic (exact) mass is 529 g/mol. The Morgan fingerprint density at radius 2 is 1.68 bits per heavy atom. The Labute approximate surface area is 226 Å². The fourth-order valence-electron chi connectivity index (χ4n) is 3.65. The largest absolute Gasteiger partial charge is 0.399 e. The predicted molar refractivity (Wildman–Crippen MR) is 154 cm³/mol. The van der Waals surface area contributed by atoms with Gasteiger partial charge in [-0.3, -0.25) is 9.59 Å². The molecule has 0 unspecified atom stereocenters. The molecule has 9 nitrogen and oxygen atoms in total. The lowest BCUT2D eigenvalue weighted by Gasteiger charge is -2.21. The molecule has 4 aromatic rings. The number of amides is 2. The number of anilines is 3. The fourth-order valence-corrected chi connectivity index (χ4v) is 4.39. The van der Waals surface area contributed by atoms with Crippen molar-refractivity contribution in [2.24, 2.45) is 0 Å². The van der Waals surface area contributed by atoms with Crippen LogP contribution in [0.3, 0.4) is 0 Å². The molecule has 0 saturated heterocycles. The number of carbonyl (C=O) groups excluding carboxylic acids is 2. The number of nitrogens with zero attached hydrogens (tertiary/aromatic N) is 4. The third kappa shape index (κ3) is 7.15. The highest BCUT2D eigenvalue weighted by molar-refractivity contribution is 7.14. The summed E-state index contributed by atoms with van der Waals surface area (Å²) in [7, 11) is 6.15. The Balaban J connectivity index is 1.39. The molecule has 2 heterocycles. The number of hydrogen-bond acceptors (Lipinski definition) is 8. The number of nitrogen functional groups attached to an aromatic ring is 1. The van der Waals surface area contributed by atoms with Gasteiger partial charge in [-0.25, -0.2) is 9.97 Å². The van der Waals surface area contributed by atoms with Crippen LogP contribution in [0.25, 0.3) is 22.4 Å². The van der Waals surface area contributed by atoms with Crippen LogP contribution >= 0.6 is 11.3 Å². The van der Waals surface area contributed by atoms with E-state index >= 15 is 0 Å². The molecule has 0 atom stereocenters. The van der Waals surface area contributed by atoms with Crippen molar-refractivity contribution in [3.63, 3.8) is 0 Å². The summed E-state index contributed by atoms with van der Waals surface area (Å²) in [5.41, 5.74) is 10.5. The summed E-state index contributed by atoms with van der Waals surface area (Å²) in [6.45, 7) is 1.65. The topological polar surface area (TPSA) is 116 Å². The average molecular weight is 530 g/mol. The molecule has 0 fully saturated rings. The predicted octanol–water partition coefficient (Wildman–Crippen LogP) is 3.82. The number of nitrogens with one attached hydrogen (secondary N) is 2. The number of thiazole rings is 1. The summed E-state index contributed by atoms with van der Waals surface area (Å²) in [5, 5.41) is 7.71. The first-order valence-corrected chi connectivity index (χ1v) is 13.0. The highest BCUT2D eigenvalue weighted by atomic mass is 32.1. The van der Waals surface area contributed by atoms with E-state index in [0.29, 0.717) is 16.4 Å². The molecule has 10 heteroatoms. The van der Waals surface area contributed by atoms with Gasteiger partial charge in [0.05, 0.1) is 12.2 Å². The summed E-state index contributed by atoms with van der Waals surface area (Å²) in [6, 6.07) is 18.7. The first-order chi connectivity index (χ1) is 18.3. The lowest BCUT2D eigenvalue weighted by atomic mass is 10.0. The maximum atomic E-state index is 12.4. The average Bonchev–Trinajstić information content (AvgIpc) is 3.39. The van der Waals surface area contributed by atoms with E-state index in [1.54, 1.807) is 24.3 Å². The first-order valence-electron chi connectivity index (χ1n) is 12.1. The van der Waals surface area contributed by atoms with Gasteiger partial charge in [0.15, 0.2) is 5.13 Å². The minimum Gasteiger partial charge on any atom is -0.399 e. The van der Waals surface area contributed by atoms with Crippen LogP contribution < -0.4 is 21.3 Å². The van der Waals surface area contributed by atoms with Crippen molar-refractivity contribution in [2.45, 2.75) is 0 Å². The molecule has 2 aromatic carbocycles. The van der Waals surface area contributed by atoms with Gasteiger partial charge in [0.25, 0.3) is 5.91 Å². The van der Waals surface area contributed by atoms with E-state index in [9.17, 15) is 9.59 Å². The van der Waals surface area contributed by atoms with Crippen molar-refractivity contribution in [3.05, 3.63) is 77.8 Å². The van der Waals surface area contributed by atoms with Gasteiger partial charge in [0, 0.05) is 48.5 Å². The summed E-state index contributed by atoms with van der Waals surface area (Å²) >= 11 is 1.33. The zero-order valence-electron chi connectivity index (χ0n) is 21.6. The molecule has 0 radical (unpaired) electrons. The molecule has 4 rings (SSSR count). The van der Waals surface area contributed by atoms with Gasteiger partial charge in [-0.2, -0.15) is 0 Å². The lowest BCUT2D eigenvalue weighted by Crippen LogP contribution is -2.32. The van der Waals surface area contributed by atoms with Crippen molar-refractivity contribution in [2.75, 3.05) is 56.7 Å². The molecule has 2 amide bonds. The minimum absolute atomic E-state index is 0.166. The maximum absolute atomic E-state index is 12.4. The van der Waals surface area contributed by atoms with Gasteiger partial charge < -0.3 is 26.2 Å². The highest BCUT2D eigenvalue weighted by Gasteiger charge is 2.12. The minimum atomic E-state index is -0.355. The Kier molecular flexibility index (Phi) is 8.67. The van der Waals surface area contributed by atoms with E-state index < -0.39 is 0 Å². The summed E-state index contributed by atoms with van der Waals surface area (Å²) in [5.74, 6) is 0.211. The number of hydrogen-bond donors (Lipinski definition) is 3. The van der Waals surface area contributed by atoms with Crippen LogP contribution in [0, 0.1) is 0 Å². The normalized spacial score (nSPS) is 10.8. The summed E-state index contributed by atoms with van der Waals surface area (Å²) in [4.78, 5) is 38.0. The third-order valence-electron chi connectivity index (χ3n) is 5.84. The number of carbonyl (C=O) groups is 2. The van der Waals surface area contributed by atoms with Crippen LogP contribution in [0.15, 0.2) is 72.2 Å². The third-order valence-corrected chi connectivity index (χ3v) is 6.60. The van der Waals surface area contributed by atoms with Crippen molar-refractivity contribution in [1.82, 2.24) is 20.2 Å². The quantitative estimate of drug-likeness (QED) is 0.268. The molecule has 0 aliphatic rings. The van der Waals surface area contributed by atoms with E-state index in [2.05, 4.69) is 62.7 Å². The molecular weight excluding hydrogens is 498 g/mol. The number of pyridine rings is 1.